The predicted octanol–water partition coefficient (Wildman–Crippen LogP) is 2.34. The monoisotopic (exact) mass is 422 g/mol. The van der Waals surface area contributed by atoms with Gasteiger partial charge < -0.3 is 21.5 Å². The minimum atomic E-state index is 0. The quantitative estimate of drug-likeness (QED) is 0.344. The van der Waals surface area contributed by atoms with Crippen molar-refractivity contribution in [1.29, 1.82) is 0 Å². The van der Waals surface area contributed by atoms with Gasteiger partial charge >= 0.3 is 0 Å². The first kappa shape index (κ1) is 18.4. The Labute approximate surface area is 168 Å². The van der Waals surface area contributed by atoms with Gasteiger partial charge in [-0.15, -0.1) is 0 Å². The summed E-state index contributed by atoms with van der Waals surface area (Å²) in [4.78, 5) is 0. The van der Waals surface area contributed by atoms with Crippen molar-refractivity contribution in [2.24, 2.45) is 0 Å². The molecule has 0 aliphatic carbocycles. The molecule has 0 radical (unpaired) electrons. The Kier molecular flexibility index (Phi) is 5.86. The van der Waals surface area contributed by atoms with Crippen LogP contribution in [0.1, 0.15) is 10.6 Å². The van der Waals surface area contributed by atoms with Crippen molar-refractivity contribution in [2.45, 2.75) is 6.54 Å². The highest BCUT2D eigenvalue weighted by molar-refractivity contribution is 7.18. The van der Waals surface area contributed by atoms with E-state index in [1.54, 1.807) is 0 Å². The number of halogens is 1. The number of hydrogen-bond acceptors (Lipinski definition) is 1. The molecular weight excluding hydrogens is 404 g/mol. The highest BCUT2D eigenvalue weighted by Crippen LogP contribution is 2.22. The zero-order chi connectivity index (χ0) is 17.1. The number of nitrogens with zero attached hydrogens (tertiary/aromatic N) is 2. The Morgan fingerprint density at radius 2 is 1.65 bits per heavy atom. The highest BCUT2D eigenvalue weighted by Gasteiger charge is 2.16. The SMILES string of the molecule is C=CC[n+]1c(/C=C/c2ccc(-n3cccc3)cc2)sc2ccccc21.[Br-]. The van der Waals surface area contributed by atoms with Gasteiger partial charge in [0.05, 0.1) is 0 Å². The Morgan fingerprint density at radius 3 is 2.38 bits per heavy atom. The Bertz CT molecular complexity index is 1030. The molecule has 2 nitrogen and oxygen atoms in total. The van der Waals surface area contributed by atoms with Crippen molar-refractivity contribution in [3.63, 3.8) is 0 Å². The van der Waals surface area contributed by atoms with Gasteiger partial charge in [-0.05, 0) is 48.0 Å². The van der Waals surface area contributed by atoms with Crippen LogP contribution in [0, 0.1) is 0 Å². The average Bonchev–Trinajstić information content (AvgIpc) is 3.30. The number of thiazole rings is 1. The maximum absolute atomic E-state index is 3.89. The number of aromatic nitrogens is 2. The van der Waals surface area contributed by atoms with Crippen molar-refractivity contribution >= 4 is 33.7 Å². The summed E-state index contributed by atoms with van der Waals surface area (Å²) in [5.41, 5.74) is 3.62. The van der Waals surface area contributed by atoms with Gasteiger partial charge in [0.15, 0.2) is 6.54 Å². The van der Waals surface area contributed by atoms with Crippen LogP contribution in [0.15, 0.2) is 85.7 Å². The van der Waals surface area contributed by atoms with Crippen LogP contribution in [0.4, 0.5) is 0 Å². The molecule has 0 N–H and O–H groups in total. The first-order valence-corrected chi connectivity index (χ1v) is 9.10. The van der Waals surface area contributed by atoms with E-state index >= 15 is 0 Å². The van der Waals surface area contributed by atoms with Crippen molar-refractivity contribution < 1.29 is 21.5 Å². The van der Waals surface area contributed by atoms with Crippen LogP contribution in [0.5, 0.6) is 0 Å². The van der Waals surface area contributed by atoms with Gasteiger partial charge in [0.25, 0.3) is 5.01 Å². The van der Waals surface area contributed by atoms with Gasteiger partial charge in [0.2, 0.25) is 5.52 Å². The van der Waals surface area contributed by atoms with Crippen molar-refractivity contribution in [3.8, 4) is 5.69 Å². The largest absolute Gasteiger partial charge is 1.00 e. The van der Waals surface area contributed by atoms with Crippen LogP contribution in [-0.4, -0.2) is 4.57 Å². The molecule has 0 fully saturated rings. The van der Waals surface area contributed by atoms with Gasteiger partial charge in [0, 0.05) is 30.2 Å². The van der Waals surface area contributed by atoms with E-state index in [1.165, 1.54) is 26.5 Å². The second kappa shape index (κ2) is 8.30. The zero-order valence-corrected chi connectivity index (χ0v) is 16.7. The van der Waals surface area contributed by atoms with Crippen molar-refractivity contribution in [3.05, 3.63) is 96.3 Å². The molecule has 26 heavy (non-hydrogen) atoms. The molecule has 0 spiro atoms. The highest BCUT2D eigenvalue weighted by atomic mass is 79.9. The minimum Gasteiger partial charge on any atom is -1.00 e. The summed E-state index contributed by atoms with van der Waals surface area (Å²) >= 11 is 1.81. The van der Waals surface area contributed by atoms with E-state index in [4.69, 9.17) is 0 Å². The van der Waals surface area contributed by atoms with Crippen LogP contribution in [-0.2, 0) is 6.54 Å². The molecule has 4 aromatic rings. The summed E-state index contributed by atoms with van der Waals surface area (Å²) in [5, 5.41) is 1.23. The predicted molar refractivity (Wildman–Crippen MR) is 107 cm³/mol. The third-order valence-corrected chi connectivity index (χ3v) is 5.29. The third kappa shape index (κ3) is 3.71. The lowest BCUT2D eigenvalue weighted by molar-refractivity contribution is -0.658. The number of para-hydroxylation sites is 1. The number of allylic oxidation sites excluding steroid dienone is 1. The molecule has 0 bridgehead atoms. The summed E-state index contributed by atoms with van der Waals surface area (Å²) in [5.74, 6) is 0. The maximum atomic E-state index is 3.89. The summed E-state index contributed by atoms with van der Waals surface area (Å²) in [6.07, 6.45) is 10.4. The number of fused-ring (bicyclic) bond motifs is 1. The van der Waals surface area contributed by atoms with E-state index in [0.29, 0.717) is 0 Å². The molecule has 4 heteroatoms. The van der Waals surface area contributed by atoms with Gasteiger partial charge in [-0.3, -0.25) is 0 Å². The molecule has 0 aliphatic heterocycles. The maximum Gasteiger partial charge on any atom is 0.263 e. The van der Waals surface area contributed by atoms with Gasteiger partial charge in [-0.1, -0.05) is 42.2 Å². The van der Waals surface area contributed by atoms with Crippen LogP contribution in [0.25, 0.3) is 28.1 Å². The van der Waals surface area contributed by atoms with E-state index in [9.17, 15) is 0 Å². The molecular formula is C22H19BrN2S. The van der Waals surface area contributed by atoms with E-state index in [1.807, 2.05) is 29.5 Å². The van der Waals surface area contributed by atoms with Gasteiger partial charge in [-0.2, -0.15) is 4.57 Å². The molecule has 0 saturated heterocycles. The van der Waals surface area contributed by atoms with Crippen molar-refractivity contribution in [1.82, 2.24) is 4.57 Å². The lowest BCUT2D eigenvalue weighted by atomic mass is 10.2. The van der Waals surface area contributed by atoms with Crippen LogP contribution >= 0.6 is 11.3 Å². The Balaban J connectivity index is 0.00000196. The lowest BCUT2D eigenvalue weighted by Gasteiger charge is -2.02. The molecule has 0 atom stereocenters. The lowest BCUT2D eigenvalue weighted by Crippen LogP contribution is -3.00. The van der Waals surface area contributed by atoms with Crippen LogP contribution in [0.2, 0.25) is 0 Å². The first-order valence-electron chi connectivity index (χ1n) is 8.29. The molecule has 0 amide bonds. The summed E-state index contributed by atoms with van der Waals surface area (Å²) < 4.78 is 5.71. The second-order valence-corrected chi connectivity index (χ2v) is 6.88. The van der Waals surface area contributed by atoms with Crippen molar-refractivity contribution in [2.75, 3.05) is 0 Å². The van der Waals surface area contributed by atoms with Crippen LogP contribution < -0.4 is 21.5 Å². The van der Waals surface area contributed by atoms with E-state index in [0.717, 1.165) is 6.54 Å². The van der Waals surface area contributed by atoms with Gasteiger partial charge in [0.1, 0.15) is 4.70 Å². The Hall–Kier alpha value is -2.43. The molecule has 2 heterocycles. The number of hydrogen-bond donors (Lipinski definition) is 0. The van der Waals surface area contributed by atoms with Crippen LogP contribution in [0.3, 0.4) is 0 Å². The molecule has 2 aromatic carbocycles. The summed E-state index contributed by atoms with van der Waals surface area (Å²) in [7, 11) is 0. The molecule has 130 valence electrons. The standard InChI is InChI=1S/C22H19N2S.BrH/c1-2-15-24-20-7-3-4-8-21(20)25-22(24)14-11-18-9-12-19(13-10-18)23-16-5-6-17-23;/h2-14,16-17H,1,15H2;1H/q+1;/p-1. The molecule has 2 aromatic heterocycles. The fourth-order valence-corrected chi connectivity index (χ4v) is 4.00. The third-order valence-electron chi connectivity index (χ3n) is 4.16. The zero-order valence-electron chi connectivity index (χ0n) is 14.3. The molecule has 4 rings (SSSR count). The Morgan fingerprint density at radius 1 is 0.923 bits per heavy atom. The smallest absolute Gasteiger partial charge is 0.263 e. The minimum absolute atomic E-state index is 0. The fraction of sp³-hybridized carbons (Fsp3) is 0.0455. The fourth-order valence-electron chi connectivity index (χ4n) is 2.93. The first-order chi connectivity index (χ1) is 12.3. The topological polar surface area (TPSA) is 8.81 Å². The molecule has 0 aliphatic rings. The number of rotatable bonds is 5. The summed E-state index contributed by atoms with van der Waals surface area (Å²) in [6, 6.07) is 21.2. The van der Waals surface area contributed by atoms with E-state index in [-0.39, 0.29) is 17.0 Å². The summed E-state index contributed by atoms with van der Waals surface area (Å²) in [6.45, 7) is 4.71. The van der Waals surface area contributed by atoms with E-state index < -0.39 is 0 Å². The molecule has 0 unspecified atom stereocenters. The molecule has 0 saturated carbocycles. The number of benzene rings is 2. The van der Waals surface area contributed by atoms with Gasteiger partial charge in [-0.25, -0.2) is 0 Å². The van der Waals surface area contributed by atoms with E-state index in [2.05, 4.69) is 88.8 Å². The second-order valence-electron chi connectivity index (χ2n) is 5.82. The average molecular weight is 423 g/mol. The normalized spacial score (nSPS) is 10.9.